The van der Waals surface area contributed by atoms with Crippen molar-refractivity contribution in [2.75, 3.05) is 0 Å². The van der Waals surface area contributed by atoms with Crippen molar-refractivity contribution in [1.82, 2.24) is 9.97 Å². The van der Waals surface area contributed by atoms with Crippen LogP contribution in [0.5, 0.6) is 0 Å². The van der Waals surface area contributed by atoms with Crippen molar-refractivity contribution in [3.63, 3.8) is 0 Å². The molecule has 3 aromatic rings. The number of rotatable bonds is 3. The van der Waals surface area contributed by atoms with Gasteiger partial charge in [-0.3, -0.25) is 0 Å². The summed E-state index contributed by atoms with van der Waals surface area (Å²) in [4.78, 5) is 16.9. The van der Waals surface area contributed by atoms with Crippen molar-refractivity contribution in [3.8, 4) is 0 Å². The van der Waals surface area contributed by atoms with Crippen LogP contribution < -0.4 is 11.4 Å². The standard InChI is InChI=1S/C17H18FN3O.ClH/c1-9(2)11-7-6-10(8-13(11)18)15(19)12-4-3-5-14-16(12)21-17(22)20-14;/h3-9,15H,19H2,1-2H3,(H2,20,21,22);1H. The molecule has 1 unspecified atom stereocenters. The number of H-pyrrole nitrogens is 2. The Hall–Kier alpha value is -2.11. The molecule has 23 heavy (non-hydrogen) atoms. The average Bonchev–Trinajstić information content (AvgIpc) is 2.85. The van der Waals surface area contributed by atoms with Gasteiger partial charge in [0.1, 0.15) is 5.82 Å². The zero-order chi connectivity index (χ0) is 15.9. The van der Waals surface area contributed by atoms with E-state index in [9.17, 15) is 9.18 Å². The monoisotopic (exact) mass is 335 g/mol. The number of benzene rings is 2. The van der Waals surface area contributed by atoms with Crippen LogP contribution in [0, 0.1) is 5.82 Å². The molecule has 6 heteroatoms. The topological polar surface area (TPSA) is 74.7 Å². The first-order valence-corrected chi connectivity index (χ1v) is 7.23. The Morgan fingerprint density at radius 3 is 2.48 bits per heavy atom. The molecule has 2 aromatic carbocycles. The molecule has 0 aliphatic rings. The van der Waals surface area contributed by atoms with Crippen LogP contribution in [0.4, 0.5) is 4.39 Å². The Bertz CT molecular complexity index is 885. The number of aromatic nitrogens is 2. The SMILES string of the molecule is CC(C)c1ccc(C(N)c2cccc3[nH]c(=O)[nH]c23)cc1F.Cl. The molecule has 1 atom stereocenters. The molecule has 122 valence electrons. The lowest BCUT2D eigenvalue weighted by molar-refractivity contribution is 0.594. The fraction of sp³-hybridized carbons (Fsp3) is 0.235. The van der Waals surface area contributed by atoms with Gasteiger partial charge in [-0.05, 0) is 34.7 Å². The fourth-order valence-electron chi connectivity index (χ4n) is 2.72. The first kappa shape index (κ1) is 17.2. The van der Waals surface area contributed by atoms with Gasteiger partial charge >= 0.3 is 5.69 Å². The van der Waals surface area contributed by atoms with Crippen molar-refractivity contribution in [2.45, 2.75) is 25.8 Å². The third-order valence-corrected chi connectivity index (χ3v) is 3.92. The van der Waals surface area contributed by atoms with Crippen LogP contribution in [0.1, 0.15) is 42.5 Å². The van der Waals surface area contributed by atoms with E-state index in [0.29, 0.717) is 22.2 Å². The summed E-state index contributed by atoms with van der Waals surface area (Å²) >= 11 is 0. The van der Waals surface area contributed by atoms with E-state index in [2.05, 4.69) is 9.97 Å². The highest BCUT2D eigenvalue weighted by atomic mass is 35.5. The second-order valence-electron chi connectivity index (χ2n) is 5.76. The van der Waals surface area contributed by atoms with Crippen LogP contribution in [0.3, 0.4) is 0 Å². The van der Waals surface area contributed by atoms with Gasteiger partial charge in [0, 0.05) is 0 Å². The van der Waals surface area contributed by atoms with Gasteiger partial charge in [-0.25, -0.2) is 9.18 Å². The highest BCUT2D eigenvalue weighted by molar-refractivity contribution is 5.85. The normalized spacial score (nSPS) is 12.4. The van der Waals surface area contributed by atoms with E-state index in [4.69, 9.17) is 5.73 Å². The summed E-state index contributed by atoms with van der Waals surface area (Å²) in [6.45, 7) is 3.90. The first-order valence-electron chi connectivity index (χ1n) is 7.23. The van der Waals surface area contributed by atoms with Crippen LogP contribution in [0.25, 0.3) is 11.0 Å². The maximum absolute atomic E-state index is 14.2. The van der Waals surface area contributed by atoms with Crippen molar-refractivity contribution >= 4 is 23.4 Å². The van der Waals surface area contributed by atoms with Crippen LogP contribution in [0.15, 0.2) is 41.2 Å². The van der Waals surface area contributed by atoms with Crippen molar-refractivity contribution < 1.29 is 4.39 Å². The molecule has 0 saturated heterocycles. The molecule has 4 nitrogen and oxygen atoms in total. The number of halogens is 2. The van der Waals surface area contributed by atoms with Gasteiger partial charge in [-0.15, -0.1) is 12.4 Å². The van der Waals surface area contributed by atoms with Crippen LogP contribution >= 0.6 is 12.4 Å². The second kappa shape index (κ2) is 6.56. The van der Waals surface area contributed by atoms with Gasteiger partial charge < -0.3 is 15.7 Å². The van der Waals surface area contributed by atoms with Crippen LogP contribution in [0.2, 0.25) is 0 Å². The van der Waals surface area contributed by atoms with Crippen molar-refractivity contribution in [1.29, 1.82) is 0 Å². The predicted octanol–water partition coefficient (Wildman–Crippen LogP) is 3.59. The van der Waals surface area contributed by atoms with E-state index >= 15 is 0 Å². The highest BCUT2D eigenvalue weighted by Crippen LogP contribution is 2.27. The number of hydrogen-bond acceptors (Lipinski definition) is 2. The summed E-state index contributed by atoms with van der Waals surface area (Å²) < 4.78 is 14.2. The number of para-hydroxylation sites is 1. The van der Waals surface area contributed by atoms with Gasteiger partial charge in [0.15, 0.2) is 0 Å². The van der Waals surface area contributed by atoms with Crippen LogP contribution in [-0.2, 0) is 0 Å². The average molecular weight is 336 g/mol. The minimum atomic E-state index is -0.508. The largest absolute Gasteiger partial charge is 0.323 e. The Kier molecular flexibility index (Phi) is 4.92. The summed E-state index contributed by atoms with van der Waals surface area (Å²) in [6.07, 6.45) is 0. The van der Waals surface area contributed by atoms with Crippen molar-refractivity contribution in [3.05, 3.63) is 69.4 Å². The summed E-state index contributed by atoms with van der Waals surface area (Å²) in [5.41, 5.74) is 9.46. The molecule has 0 bridgehead atoms. The maximum Gasteiger partial charge on any atom is 0.323 e. The molecule has 0 radical (unpaired) electrons. The third kappa shape index (κ3) is 3.16. The number of aromatic amines is 2. The number of hydrogen-bond donors (Lipinski definition) is 3. The minimum absolute atomic E-state index is 0. The van der Waals surface area contributed by atoms with E-state index in [-0.39, 0.29) is 29.8 Å². The van der Waals surface area contributed by atoms with Gasteiger partial charge in [-0.1, -0.05) is 38.1 Å². The smallest absolute Gasteiger partial charge is 0.320 e. The summed E-state index contributed by atoms with van der Waals surface area (Å²) in [5.74, 6) is -0.132. The molecule has 1 aromatic heterocycles. The van der Waals surface area contributed by atoms with E-state index < -0.39 is 6.04 Å². The van der Waals surface area contributed by atoms with E-state index in [0.717, 1.165) is 5.56 Å². The lowest BCUT2D eigenvalue weighted by Crippen LogP contribution is -2.13. The molecule has 1 heterocycles. The molecule has 3 rings (SSSR count). The second-order valence-corrected chi connectivity index (χ2v) is 5.76. The zero-order valence-corrected chi connectivity index (χ0v) is 13.7. The van der Waals surface area contributed by atoms with Gasteiger partial charge in [0.25, 0.3) is 0 Å². The Labute approximate surface area is 139 Å². The van der Waals surface area contributed by atoms with E-state index in [1.165, 1.54) is 6.07 Å². The molecule has 0 spiro atoms. The molecule has 0 fully saturated rings. The van der Waals surface area contributed by atoms with Gasteiger partial charge in [0.2, 0.25) is 0 Å². The van der Waals surface area contributed by atoms with E-state index in [1.54, 1.807) is 12.1 Å². The Morgan fingerprint density at radius 1 is 1.09 bits per heavy atom. The Balaban J connectivity index is 0.00000192. The number of nitrogens with one attached hydrogen (secondary N) is 2. The lowest BCUT2D eigenvalue weighted by Gasteiger charge is -2.15. The van der Waals surface area contributed by atoms with Crippen molar-refractivity contribution in [2.24, 2.45) is 5.73 Å². The summed E-state index contributed by atoms with van der Waals surface area (Å²) in [7, 11) is 0. The molecular weight excluding hydrogens is 317 g/mol. The predicted molar refractivity (Wildman–Crippen MR) is 92.7 cm³/mol. The number of nitrogens with two attached hydrogens (primary N) is 1. The quantitative estimate of drug-likeness (QED) is 0.684. The molecule has 0 aliphatic carbocycles. The third-order valence-electron chi connectivity index (χ3n) is 3.92. The van der Waals surface area contributed by atoms with Gasteiger partial charge in [0.05, 0.1) is 17.1 Å². The summed E-state index contributed by atoms with van der Waals surface area (Å²) in [5, 5.41) is 0. The number of imidazole rings is 1. The minimum Gasteiger partial charge on any atom is -0.320 e. The molecule has 0 aliphatic heterocycles. The number of fused-ring (bicyclic) bond motifs is 1. The molecule has 0 amide bonds. The molecular formula is C17H19ClFN3O. The fourth-order valence-corrected chi connectivity index (χ4v) is 2.72. The maximum atomic E-state index is 14.2. The Morgan fingerprint density at radius 2 is 1.83 bits per heavy atom. The summed E-state index contributed by atoms with van der Waals surface area (Å²) in [6, 6.07) is 10.0. The highest BCUT2D eigenvalue weighted by Gasteiger charge is 2.16. The first-order chi connectivity index (χ1) is 10.5. The van der Waals surface area contributed by atoms with E-state index in [1.807, 2.05) is 32.0 Å². The molecule has 4 N–H and O–H groups in total. The zero-order valence-electron chi connectivity index (χ0n) is 12.9. The van der Waals surface area contributed by atoms with Gasteiger partial charge in [-0.2, -0.15) is 0 Å². The lowest BCUT2D eigenvalue weighted by atomic mass is 9.94. The van der Waals surface area contributed by atoms with Crippen LogP contribution in [-0.4, -0.2) is 9.97 Å². The molecule has 0 saturated carbocycles.